The minimum Gasteiger partial charge on any atom is -0.467 e. The first-order valence-corrected chi connectivity index (χ1v) is 6.30. The lowest BCUT2D eigenvalue weighted by molar-refractivity contribution is -0.145. The number of fused-ring (bicyclic) bond motifs is 1. The van der Waals surface area contributed by atoms with Crippen molar-refractivity contribution in [3.63, 3.8) is 0 Å². The molecule has 0 saturated heterocycles. The summed E-state index contributed by atoms with van der Waals surface area (Å²) in [5, 5.41) is 0. The van der Waals surface area contributed by atoms with E-state index in [0.717, 1.165) is 12.0 Å². The average molecular weight is 290 g/mol. The van der Waals surface area contributed by atoms with Crippen molar-refractivity contribution < 1.29 is 23.9 Å². The number of nitrogens with zero attached hydrogens (tertiary/aromatic N) is 1. The van der Waals surface area contributed by atoms with Gasteiger partial charge in [0.05, 0.1) is 18.2 Å². The highest BCUT2D eigenvalue weighted by Crippen LogP contribution is 2.26. The van der Waals surface area contributed by atoms with Crippen LogP contribution in [-0.2, 0) is 14.3 Å². The van der Waals surface area contributed by atoms with Gasteiger partial charge in [0.15, 0.2) is 0 Å². The highest BCUT2D eigenvalue weighted by Gasteiger charge is 2.43. The van der Waals surface area contributed by atoms with E-state index in [2.05, 4.69) is 4.74 Å². The molecule has 0 fully saturated rings. The van der Waals surface area contributed by atoms with E-state index in [1.54, 1.807) is 12.1 Å². The third-order valence-corrected chi connectivity index (χ3v) is 3.27. The molecule has 1 unspecified atom stereocenters. The maximum Gasteiger partial charge on any atom is 0.329 e. The van der Waals surface area contributed by atoms with Crippen LogP contribution >= 0.6 is 0 Å². The minimum absolute atomic E-state index is 0.0620. The summed E-state index contributed by atoms with van der Waals surface area (Å²) in [4.78, 5) is 48.1. The van der Waals surface area contributed by atoms with E-state index in [9.17, 15) is 19.2 Å². The molecular formula is C14H14N2O5. The number of esters is 1. The molecule has 0 saturated carbocycles. The van der Waals surface area contributed by atoms with Gasteiger partial charge in [-0.25, -0.2) is 4.79 Å². The molecule has 0 spiro atoms. The summed E-state index contributed by atoms with van der Waals surface area (Å²) in [6, 6.07) is 5.12. The fourth-order valence-corrected chi connectivity index (χ4v) is 2.26. The summed E-state index contributed by atoms with van der Waals surface area (Å²) < 4.78 is 4.62. The standard InChI is InChI=1S/C14H14N2O5/c1-21-14(20)10(6-7-11(15)17)16-12(18)8-4-2-3-5-9(8)13(16)19/h2-5,10H,6-7H2,1H3,(H2,15,17). The first-order chi connectivity index (χ1) is 9.97. The summed E-state index contributed by atoms with van der Waals surface area (Å²) in [5.74, 6) is -2.53. The predicted octanol–water partition coefficient (Wildman–Crippen LogP) is 0.0897. The van der Waals surface area contributed by atoms with E-state index in [1.807, 2.05) is 0 Å². The Kier molecular flexibility index (Phi) is 4.02. The largest absolute Gasteiger partial charge is 0.467 e. The summed E-state index contributed by atoms with van der Waals surface area (Å²) >= 11 is 0. The number of nitrogens with two attached hydrogens (primary N) is 1. The predicted molar refractivity (Wildman–Crippen MR) is 71.2 cm³/mol. The Morgan fingerprint density at radius 2 is 1.71 bits per heavy atom. The molecule has 110 valence electrons. The first kappa shape index (κ1) is 14.7. The smallest absolute Gasteiger partial charge is 0.329 e. The zero-order valence-corrected chi connectivity index (χ0v) is 11.4. The lowest BCUT2D eigenvalue weighted by atomic mass is 10.1. The van der Waals surface area contributed by atoms with Crippen molar-refractivity contribution in [2.45, 2.75) is 18.9 Å². The third kappa shape index (κ3) is 2.62. The number of hydrogen-bond donors (Lipinski definition) is 1. The molecule has 0 radical (unpaired) electrons. The molecule has 7 heteroatoms. The van der Waals surface area contributed by atoms with Gasteiger partial charge < -0.3 is 10.5 Å². The van der Waals surface area contributed by atoms with E-state index >= 15 is 0 Å². The maximum atomic E-state index is 12.3. The monoisotopic (exact) mass is 290 g/mol. The van der Waals surface area contributed by atoms with Crippen molar-refractivity contribution in [1.82, 2.24) is 4.90 Å². The third-order valence-electron chi connectivity index (χ3n) is 3.27. The van der Waals surface area contributed by atoms with Gasteiger partial charge in [-0.3, -0.25) is 19.3 Å². The molecule has 1 aliphatic heterocycles. The molecule has 2 N–H and O–H groups in total. The molecule has 1 atom stereocenters. The fraction of sp³-hybridized carbons (Fsp3) is 0.286. The molecule has 0 aromatic heterocycles. The van der Waals surface area contributed by atoms with Crippen LogP contribution < -0.4 is 5.73 Å². The zero-order valence-electron chi connectivity index (χ0n) is 11.4. The number of benzene rings is 1. The average Bonchev–Trinajstić information content (AvgIpc) is 2.72. The summed E-state index contributed by atoms with van der Waals surface area (Å²) in [6.07, 6.45) is -0.194. The number of rotatable bonds is 5. The number of ether oxygens (including phenoxy) is 1. The Bertz CT molecular complexity index is 591. The van der Waals surface area contributed by atoms with Crippen LogP contribution in [0.4, 0.5) is 0 Å². The number of carbonyl (C=O) groups excluding carboxylic acids is 4. The van der Waals surface area contributed by atoms with Gasteiger partial charge in [0.1, 0.15) is 6.04 Å². The molecule has 1 aliphatic rings. The fourth-order valence-electron chi connectivity index (χ4n) is 2.26. The molecule has 0 bridgehead atoms. The second-order valence-corrected chi connectivity index (χ2v) is 4.57. The van der Waals surface area contributed by atoms with Gasteiger partial charge in [0.25, 0.3) is 11.8 Å². The van der Waals surface area contributed by atoms with Crippen LogP contribution in [0.3, 0.4) is 0 Å². The van der Waals surface area contributed by atoms with Gasteiger partial charge in [-0.05, 0) is 18.6 Å². The summed E-state index contributed by atoms with van der Waals surface area (Å²) in [7, 11) is 1.15. The van der Waals surface area contributed by atoms with Crippen LogP contribution in [0.15, 0.2) is 24.3 Å². The number of hydrogen-bond acceptors (Lipinski definition) is 5. The molecule has 1 heterocycles. The van der Waals surface area contributed by atoms with Crippen LogP contribution in [0.5, 0.6) is 0 Å². The molecule has 1 aromatic rings. The van der Waals surface area contributed by atoms with Crippen molar-refractivity contribution >= 4 is 23.7 Å². The highest BCUT2D eigenvalue weighted by atomic mass is 16.5. The number of methoxy groups -OCH3 is 1. The quantitative estimate of drug-likeness (QED) is 0.611. The van der Waals surface area contributed by atoms with Crippen molar-refractivity contribution in [2.75, 3.05) is 7.11 Å². The Balaban J connectivity index is 2.33. The van der Waals surface area contributed by atoms with Gasteiger partial charge in [-0.15, -0.1) is 0 Å². The molecule has 7 nitrogen and oxygen atoms in total. The van der Waals surface area contributed by atoms with Gasteiger partial charge in [0.2, 0.25) is 5.91 Å². The van der Waals surface area contributed by atoms with E-state index in [-0.39, 0.29) is 24.0 Å². The Hall–Kier alpha value is -2.70. The van der Waals surface area contributed by atoms with Crippen LogP contribution in [0.25, 0.3) is 0 Å². The van der Waals surface area contributed by atoms with Crippen LogP contribution in [0.1, 0.15) is 33.6 Å². The maximum absolute atomic E-state index is 12.3. The summed E-state index contributed by atoms with van der Waals surface area (Å²) in [5.41, 5.74) is 5.52. The first-order valence-electron chi connectivity index (χ1n) is 6.30. The molecule has 21 heavy (non-hydrogen) atoms. The van der Waals surface area contributed by atoms with Crippen LogP contribution in [0, 0.1) is 0 Å². The van der Waals surface area contributed by atoms with E-state index in [4.69, 9.17) is 5.73 Å². The summed E-state index contributed by atoms with van der Waals surface area (Å²) in [6.45, 7) is 0. The second-order valence-electron chi connectivity index (χ2n) is 4.57. The highest BCUT2D eigenvalue weighted by molar-refractivity contribution is 6.22. The lowest BCUT2D eigenvalue weighted by Gasteiger charge is -2.23. The van der Waals surface area contributed by atoms with Crippen LogP contribution in [-0.4, -0.2) is 41.7 Å². The second kappa shape index (κ2) is 5.74. The van der Waals surface area contributed by atoms with Crippen LogP contribution in [0.2, 0.25) is 0 Å². The Labute approximate surface area is 120 Å². The number of imide groups is 1. The Morgan fingerprint density at radius 3 is 2.14 bits per heavy atom. The molecule has 0 aliphatic carbocycles. The topological polar surface area (TPSA) is 107 Å². The lowest BCUT2D eigenvalue weighted by Crippen LogP contribution is -2.45. The van der Waals surface area contributed by atoms with Crippen molar-refractivity contribution in [2.24, 2.45) is 5.73 Å². The molecule has 2 rings (SSSR count). The van der Waals surface area contributed by atoms with E-state index in [0.29, 0.717) is 0 Å². The normalized spacial score (nSPS) is 14.8. The van der Waals surface area contributed by atoms with E-state index < -0.39 is 29.7 Å². The van der Waals surface area contributed by atoms with Gasteiger partial charge in [0, 0.05) is 6.42 Å². The van der Waals surface area contributed by atoms with Crippen molar-refractivity contribution in [3.8, 4) is 0 Å². The van der Waals surface area contributed by atoms with Crippen molar-refractivity contribution in [1.29, 1.82) is 0 Å². The van der Waals surface area contributed by atoms with Gasteiger partial charge >= 0.3 is 5.97 Å². The van der Waals surface area contributed by atoms with Crippen molar-refractivity contribution in [3.05, 3.63) is 35.4 Å². The van der Waals surface area contributed by atoms with Gasteiger partial charge in [-0.2, -0.15) is 0 Å². The number of carbonyl (C=O) groups is 4. The SMILES string of the molecule is COC(=O)C(CCC(N)=O)N1C(=O)c2ccccc2C1=O. The molecule has 3 amide bonds. The molecular weight excluding hydrogens is 276 g/mol. The number of amides is 3. The number of primary amides is 1. The zero-order chi connectivity index (χ0) is 15.6. The minimum atomic E-state index is -1.16. The van der Waals surface area contributed by atoms with Gasteiger partial charge in [-0.1, -0.05) is 12.1 Å². The Morgan fingerprint density at radius 1 is 1.19 bits per heavy atom. The molecule has 1 aromatic carbocycles. The van der Waals surface area contributed by atoms with E-state index in [1.165, 1.54) is 12.1 Å².